The summed E-state index contributed by atoms with van der Waals surface area (Å²) in [4.78, 5) is 16.4. The second-order valence-corrected chi connectivity index (χ2v) is 5.81. The molecule has 1 heterocycles. The van der Waals surface area contributed by atoms with E-state index in [9.17, 15) is 4.79 Å². The number of halogens is 1. The molecule has 2 aromatic carbocycles. The molecule has 0 spiro atoms. The molecule has 0 aliphatic heterocycles. The molecular weight excluding hydrogens is 324 g/mol. The number of carbonyl (C=O) groups is 1. The Morgan fingerprint density at radius 2 is 1.89 bits per heavy atom. The Bertz CT molecular complexity index is 740. The zero-order valence-corrected chi connectivity index (χ0v) is 12.2. The van der Waals surface area contributed by atoms with E-state index >= 15 is 0 Å². The third-order valence-electron chi connectivity index (χ3n) is 2.63. The summed E-state index contributed by atoms with van der Waals surface area (Å²) < 4.78 is 1.97. The van der Waals surface area contributed by atoms with Crippen LogP contribution >= 0.6 is 27.3 Å². The molecule has 3 rings (SSSR count). The van der Waals surface area contributed by atoms with Crippen molar-refractivity contribution in [3.8, 4) is 0 Å². The van der Waals surface area contributed by atoms with Gasteiger partial charge < -0.3 is 0 Å². The zero-order chi connectivity index (χ0) is 13.2. The van der Waals surface area contributed by atoms with E-state index < -0.39 is 0 Å². The van der Waals surface area contributed by atoms with Crippen LogP contribution in [-0.4, -0.2) is 10.9 Å². The van der Waals surface area contributed by atoms with E-state index in [0.717, 1.165) is 14.7 Å². The Morgan fingerprint density at radius 3 is 2.63 bits per heavy atom. The molecule has 0 saturated heterocycles. The summed E-state index contributed by atoms with van der Waals surface area (Å²) in [6.07, 6.45) is 0. The quantitative estimate of drug-likeness (QED) is 0.759. The van der Waals surface area contributed by atoms with Gasteiger partial charge in [-0.25, -0.2) is 4.98 Å². The lowest BCUT2D eigenvalue weighted by molar-refractivity contribution is 0.102. The fourth-order valence-corrected chi connectivity index (χ4v) is 3.20. The normalized spacial score (nSPS) is 10.6. The van der Waals surface area contributed by atoms with Crippen molar-refractivity contribution in [1.29, 1.82) is 0 Å². The van der Waals surface area contributed by atoms with Crippen LogP contribution in [0.5, 0.6) is 0 Å². The van der Waals surface area contributed by atoms with Crippen LogP contribution in [0.1, 0.15) is 10.4 Å². The lowest BCUT2D eigenvalue weighted by atomic mass is 10.2. The zero-order valence-electron chi connectivity index (χ0n) is 9.76. The summed E-state index contributed by atoms with van der Waals surface area (Å²) in [5, 5.41) is 3.43. The smallest absolute Gasteiger partial charge is 0.257 e. The first kappa shape index (κ1) is 12.3. The van der Waals surface area contributed by atoms with Crippen LogP contribution in [0.2, 0.25) is 0 Å². The Hall–Kier alpha value is -1.72. The van der Waals surface area contributed by atoms with Gasteiger partial charge in [-0.05, 0) is 40.2 Å². The number of anilines is 1. The highest BCUT2D eigenvalue weighted by Crippen LogP contribution is 2.30. The van der Waals surface area contributed by atoms with Crippen molar-refractivity contribution in [3.63, 3.8) is 0 Å². The molecular formula is C14H9BrN2OS. The van der Waals surface area contributed by atoms with E-state index in [2.05, 4.69) is 26.2 Å². The summed E-state index contributed by atoms with van der Waals surface area (Å²) in [5.41, 5.74) is 1.50. The monoisotopic (exact) mass is 332 g/mol. The van der Waals surface area contributed by atoms with Crippen LogP contribution in [0.3, 0.4) is 0 Å². The van der Waals surface area contributed by atoms with Crippen LogP contribution < -0.4 is 5.32 Å². The molecule has 1 aromatic heterocycles. The van der Waals surface area contributed by atoms with E-state index in [1.165, 1.54) is 11.3 Å². The number of fused-ring (bicyclic) bond motifs is 1. The van der Waals surface area contributed by atoms with Gasteiger partial charge in [0.15, 0.2) is 5.13 Å². The maximum atomic E-state index is 12.0. The lowest BCUT2D eigenvalue weighted by Crippen LogP contribution is -2.11. The van der Waals surface area contributed by atoms with Gasteiger partial charge in [-0.15, -0.1) is 0 Å². The van der Waals surface area contributed by atoms with E-state index in [1.54, 1.807) is 12.1 Å². The van der Waals surface area contributed by atoms with Crippen molar-refractivity contribution in [2.75, 3.05) is 5.32 Å². The van der Waals surface area contributed by atoms with Gasteiger partial charge in [0, 0.05) is 10.0 Å². The Morgan fingerprint density at radius 1 is 1.11 bits per heavy atom. The Balaban J connectivity index is 1.90. The number of hydrogen-bond acceptors (Lipinski definition) is 3. The minimum absolute atomic E-state index is 0.143. The van der Waals surface area contributed by atoms with Gasteiger partial charge in [0.2, 0.25) is 0 Å². The highest BCUT2D eigenvalue weighted by molar-refractivity contribution is 9.10. The summed E-state index contributed by atoms with van der Waals surface area (Å²) in [6.45, 7) is 0. The van der Waals surface area contributed by atoms with E-state index in [4.69, 9.17) is 0 Å². The fourth-order valence-electron chi connectivity index (χ4n) is 1.73. The minimum atomic E-state index is -0.143. The minimum Gasteiger partial charge on any atom is -0.298 e. The van der Waals surface area contributed by atoms with Crippen molar-refractivity contribution < 1.29 is 4.79 Å². The number of aromatic nitrogens is 1. The number of thiazole rings is 1. The number of nitrogens with one attached hydrogen (secondary N) is 1. The van der Waals surface area contributed by atoms with Crippen molar-refractivity contribution >= 4 is 48.5 Å². The van der Waals surface area contributed by atoms with Crippen molar-refractivity contribution in [1.82, 2.24) is 4.98 Å². The number of hydrogen-bond donors (Lipinski definition) is 1. The first-order valence-corrected chi connectivity index (χ1v) is 7.26. The van der Waals surface area contributed by atoms with Crippen molar-refractivity contribution in [3.05, 3.63) is 58.6 Å². The number of amides is 1. The average Bonchev–Trinajstić information content (AvgIpc) is 2.84. The van der Waals surface area contributed by atoms with Gasteiger partial charge >= 0.3 is 0 Å². The second-order valence-electron chi connectivity index (χ2n) is 3.93. The molecule has 5 heteroatoms. The molecule has 1 amide bonds. The van der Waals surface area contributed by atoms with E-state index in [-0.39, 0.29) is 5.91 Å². The highest BCUT2D eigenvalue weighted by atomic mass is 79.9. The van der Waals surface area contributed by atoms with Crippen molar-refractivity contribution in [2.45, 2.75) is 0 Å². The largest absolute Gasteiger partial charge is 0.298 e. The molecule has 94 valence electrons. The third-order valence-corrected chi connectivity index (χ3v) is 4.20. The maximum absolute atomic E-state index is 12.0. The SMILES string of the molecule is O=C(Nc1nc2c(Br)cccc2s1)c1ccccc1. The Labute approximate surface area is 122 Å². The summed E-state index contributed by atoms with van der Waals surface area (Å²) in [7, 11) is 0. The molecule has 0 bridgehead atoms. The van der Waals surface area contributed by atoms with Gasteiger partial charge in [-0.1, -0.05) is 35.6 Å². The molecule has 0 fully saturated rings. The molecule has 0 aliphatic rings. The first-order chi connectivity index (χ1) is 9.24. The molecule has 0 atom stereocenters. The molecule has 0 radical (unpaired) electrons. The lowest BCUT2D eigenvalue weighted by Gasteiger charge is -2.00. The van der Waals surface area contributed by atoms with Crippen LogP contribution in [0.15, 0.2) is 53.0 Å². The maximum Gasteiger partial charge on any atom is 0.257 e. The predicted molar refractivity (Wildman–Crippen MR) is 81.7 cm³/mol. The molecule has 3 aromatic rings. The average molecular weight is 333 g/mol. The van der Waals surface area contributed by atoms with Gasteiger partial charge in [0.05, 0.1) is 10.2 Å². The van der Waals surface area contributed by atoms with Gasteiger partial charge in [0.1, 0.15) is 0 Å². The van der Waals surface area contributed by atoms with Crippen LogP contribution in [-0.2, 0) is 0 Å². The fraction of sp³-hybridized carbons (Fsp3) is 0. The molecule has 19 heavy (non-hydrogen) atoms. The number of benzene rings is 2. The van der Waals surface area contributed by atoms with Crippen LogP contribution in [0, 0.1) is 0 Å². The topological polar surface area (TPSA) is 42.0 Å². The molecule has 0 aliphatic carbocycles. The van der Waals surface area contributed by atoms with Crippen LogP contribution in [0.4, 0.5) is 5.13 Å². The predicted octanol–water partition coefficient (Wildman–Crippen LogP) is 4.31. The summed E-state index contributed by atoms with van der Waals surface area (Å²) >= 11 is 4.91. The summed E-state index contributed by atoms with van der Waals surface area (Å²) in [5.74, 6) is -0.143. The number of nitrogens with zero attached hydrogens (tertiary/aromatic N) is 1. The molecule has 1 N–H and O–H groups in total. The molecule has 0 saturated carbocycles. The summed E-state index contributed by atoms with van der Waals surface area (Å²) in [6, 6.07) is 15.0. The van der Waals surface area contributed by atoms with Gasteiger partial charge in [-0.2, -0.15) is 0 Å². The first-order valence-electron chi connectivity index (χ1n) is 5.65. The second kappa shape index (κ2) is 5.11. The van der Waals surface area contributed by atoms with Crippen molar-refractivity contribution in [2.24, 2.45) is 0 Å². The number of carbonyl (C=O) groups excluding carboxylic acids is 1. The molecule has 3 nitrogen and oxygen atoms in total. The standard InChI is InChI=1S/C14H9BrN2OS/c15-10-7-4-8-11-12(10)16-14(19-11)17-13(18)9-5-2-1-3-6-9/h1-8H,(H,16,17,18). The van der Waals surface area contributed by atoms with Gasteiger partial charge in [-0.3, -0.25) is 10.1 Å². The van der Waals surface area contributed by atoms with Crippen LogP contribution in [0.25, 0.3) is 10.2 Å². The van der Waals surface area contributed by atoms with E-state index in [0.29, 0.717) is 10.7 Å². The Kier molecular flexibility index (Phi) is 3.31. The number of rotatable bonds is 2. The van der Waals surface area contributed by atoms with E-state index in [1.807, 2.05) is 36.4 Å². The third kappa shape index (κ3) is 2.52. The molecule has 0 unspecified atom stereocenters. The number of para-hydroxylation sites is 1. The van der Waals surface area contributed by atoms with Gasteiger partial charge in [0.25, 0.3) is 5.91 Å². The highest BCUT2D eigenvalue weighted by Gasteiger charge is 2.10.